The van der Waals surface area contributed by atoms with Crippen molar-refractivity contribution in [3.8, 4) is 11.3 Å². The zero-order chi connectivity index (χ0) is 13.2. The van der Waals surface area contributed by atoms with Gasteiger partial charge in [0, 0.05) is 34.8 Å². The van der Waals surface area contributed by atoms with Gasteiger partial charge >= 0.3 is 0 Å². The summed E-state index contributed by atoms with van der Waals surface area (Å²) in [6.07, 6.45) is 2.80. The molecule has 1 N–H and O–H groups in total. The quantitative estimate of drug-likeness (QED) is 0.715. The molecule has 2 heterocycles. The van der Waals surface area contributed by atoms with Crippen molar-refractivity contribution in [2.45, 2.75) is 13.3 Å². The zero-order valence-electron chi connectivity index (χ0n) is 10.7. The Morgan fingerprint density at radius 1 is 1.21 bits per heavy atom. The maximum absolute atomic E-state index is 4.64. The van der Waals surface area contributed by atoms with E-state index in [4.69, 9.17) is 0 Å². The first kappa shape index (κ1) is 12.2. The van der Waals surface area contributed by atoms with E-state index in [9.17, 15) is 0 Å². The maximum Gasteiger partial charge on any atom is 0.130 e. The van der Waals surface area contributed by atoms with Crippen LogP contribution in [0.1, 0.15) is 11.5 Å². The molecule has 0 saturated carbocycles. The third-order valence-electron chi connectivity index (χ3n) is 3.10. The lowest BCUT2D eigenvalue weighted by Gasteiger charge is -2.04. The number of benzene rings is 1. The van der Waals surface area contributed by atoms with Gasteiger partial charge in [0.2, 0.25) is 0 Å². The summed E-state index contributed by atoms with van der Waals surface area (Å²) in [6, 6.07) is 10.3. The van der Waals surface area contributed by atoms with Crippen LogP contribution in [0.5, 0.6) is 0 Å². The summed E-state index contributed by atoms with van der Waals surface area (Å²) in [5.41, 5.74) is 4.22. The van der Waals surface area contributed by atoms with Gasteiger partial charge in [-0.2, -0.15) is 12.6 Å². The van der Waals surface area contributed by atoms with Crippen LogP contribution in [0, 0.1) is 6.92 Å². The molecule has 1 aromatic carbocycles. The van der Waals surface area contributed by atoms with E-state index in [2.05, 4.69) is 39.7 Å². The lowest BCUT2D eigenvalue weighted by molar-refractivity contribution is 0.930. The van der Waals surface area contributed by atoms with Crippen molar-refractivity contribution in [3.05, 3.63) is 48.0 Å². The summed E-state index contributed by atoms with van der Waals surface area (Å²) in [5, 5.41) is 1.19. The largest absolute Gasteiger partial charge is 0.360 e. The number of thiol groups is 1. The van der Waals surface area contributed by atoms with Crippen LogP contribution in [-0.4, -0.2) is 20.7 Å². The standard InChI is InChI=1S/C15H15N3S/c1-10-8-14(18-15(17-10)6-7-19)12-9-16-13-5-3-2-4-11(12)13/h2-5,8-9,16,19H,6-7H2,1H3. The minimum atomic E-state index is 0.761. The topological polar surface area (TPSA) is 41.6 Å². The van der Waals surface area contributed by atoms with Gasteiger partial charge in [0.05, 0.1) is 5.69 Å². The Labute approximate surface area is 117 Å². The smallest absolute Gasteiger partial charge is 0.130 e. The Kier molecular flexibility index (Phi) is 3.25. The molecule has 0 fully saturated rings. The van der Waals surface area contributed by atoms with Gasteiger partial charge in [0.15, 0.2) is 0 Å². The molecule has 4 heteroatoms. The number of aryl methyl sites for hydroxylation is 2. The van der Waals surface area contributed by atoms with Crippen LogP contribution in [0.3, 0.4) is 0 Å². The van der Waals surface area contributed by atoms with E-state index in [0.29, 0.717) is 0 Å². The van der Waals surface area contributed by atoms with E-state index in [1.165, 1.54) is 5.39 Å². The third-order valence-corrected chi connectivity index (χ3v) is 3.32. The fourth-order valence-corrected chi connectivity index (χ4v) is 2.46. The second-order valence-corrected chi connectivity index (χ2v) is 4.98. The van der Waals surface area contributed by atoms with Crippen molar-refractivity contribution in [2.75, 3.05) is 5.75 Å². The van der Waals surface area contributed by atoms with Gasteiger partial charge < -0.3 is 4.98 Å². The van der Waals surface area contributed by atoms with Gasteiger partial charge in [-0.15, -0.1) is 0 Å². The fraction of sp³-hybridized carbons (Fsp3) is 0.200. The highest BCUT2D eigenvalue weighted by atomic mass is 32.1. The average Bonchev–Trinajstić information content (AvgIpc) is 2.82. The molecule has 19 heavy (non-hydrogen) atoms. The van der Waals surface area contributed by atoms with Gasteiger partial charge in [-0.1, -0.05) is 18.2 Å². The van der Waals surface area contributed by atoms with Crippen molar-refractivity contribution in [2.24, 2.45) is 0 Å². The van der Waals surface area contributed by atoms with Crippen LogP contribution in [0.4, 0.5) is 0 Å². The number of hydrogen-bond donors (Lipinski definition) is 2. The Hall–Kier alpha value is -1.81. The second kappa shape index (κ2) is 5.05. The molecule has 96 valence electrons. The maximum atomic E-state index is 4.64. The summed E-state index contributed by atoms with van der Waals surface area (Å²) in [4.78, 5) is 12.4. The van der Waals surface area contributed by atoms with Crippen LogP contribution in [0.15, 0.2) is 36.5 Å². The van der Waals surface area contributed by atoms with Crippen LogP contribution < -0.4 is 0 Å². The van der Waals surface area contributed by atoms with Crippen molar-refractivity contribution < 1.29 is 0 Å². The minimum Gasteiger partial charge on any atom is -0.360 e. The molecule has 0 atom stereocenters. The number of rotatable bonds is 3. The monoisotopic (exact) mass is 269 g/mol. The lowest BCUT2D eigenvalue weighted by Crippen LogP contribution is -1.99. The van der Waals surface area contributed by atoms with Crippen molar-refractivity contribution in [1.82, 2.24) is 15.0 Å². The number of aromatic nitrogens is 3. The molecule has 2 aromatic heterocycles. The molecule has 3 aromatic rings. The van der Waals surface area contributed by atoms with Crippen LogP contribution in [-0.2, 0) is 6.42 Å². The summed E-state index contributed by atoms with van der Waals surface area (Å²) in [6.45, 7) is 2.00. The highest BCUT2D eigenvalue weighted by Gasteiger charge is 2.09. The van der Waals surface area contributed by atoms with Gasteiger partial charge in [0.1, 0.15) is 5.82 Å². The first-order chi connectivity index (χ1) is 9.28. The number of nitrogens with one attached hydrogen (secondary N) is 1. The summed E-state index contributed by atoms with van der Waals surface area (Å²) in [7, 11) is 0. The Morgan fingerprint density at radius 3 is 2.89 bits per heavy atom. The second-order valence-electron chi connectivity index (χ2n) is 4.53. The Morgan fingerprint density at radius 2 is 2.05 bits per heavy atom. The summed E-state index contributed by atoms with van der Waals surface area (Å²) >= 11 is 4.25. The van der Waals surface area contributed by atoms with Crippen molar-refractivity contribution in [1.29, 1.82) is 0 Å². The van der Waals surface area contributed by atoms with E-state index < -0.39 is 0 Å². The average molecular weight is 269 g/mol. The lowest BCUT2D eigenvalue weighted by atomic mass is 10.1. The molecule has 0 unspecified atom stereocenters. The van der Waals surface area contributed by atoms with Gasteiger partial charge in [0.25, 0.3) is 0 Å². The van der Waals surface area contributed by atoms with Crippen LogP contribution in [0.2, 0.25) is 0 Å². The van der Waals surface area contributed by atoms with E-state index in [1.807, 2.05) is 31.3 Å². The highest BCUT2D eigenvalue weighted by molar-refractivity contribution is 7.80. The number of H-pyrrole nitrogens is 1. The molecule has 3 nitrogen and oxygen atoms in total. The minimum absolute atomic E-state index is 0.761. The van der Waals surface area contributed by atoms with Gasteiger partial charge in [-0.05, 0) is 24.8 Å². The molecule has 0 aliphatic carbocycles. The zero-order valence-corrected chi connectivity index (χ0v) is 11.6. The number of nitrogens with zero attached hydrogens (tertiary/aromatic N) is 2. The summed E-state index contributed by atoms with van der Waals surface area (Å²) in [5.74, 6) is 1.62. The molecule has 0 amide bonds. The van der Waals surface area contributed by atoms with Gasteiger partial charge in [-0.25, -0.2) is 9.97 Å². The molecule has 0 radical (unpaired) electrons. The number of hydrogen-bond acceptors (Lipinski definition) is 3. The van der Waals surface area contributed by atoms with E-state index >= 15 is 0 Å². The SMILES string of the molecule is Cc1cc(-c2c[nH]c3ccccc23)nc(CCS)n1. The van der Waals surface area contributed by atoms with E-state index in [-0.39, 0.29) is 0 Å². The molecule has 0 saturated heterocycles. The van der Waals surface area contributed by atoms with Crippen molar-refractivity contribution >= 4 is 23.5 Å². The Balaban J connectivity index is 2.15. The molecule has 0 aliphatic heterocycles. The number of aromatic amines is 1. The highest BCUT2D eigenvalue weighted by Crippen LogP contribution is 2.27. The third kappa shape index (κ3) is 2.36. The van der Waals surface area contributed by atoms with Gasteiger partial charge in [-0.3, -0.25) is 0 Å². The molecule has 0 aliphatic rings. The Bertz CT molecular complexity index is 718. The van der Waals surface area contributed by atoms with E-state index in [0.717, 1.165) is 40.5 Å². The summed E-state index contributed by atoms with van der Waals surface area (Å²) < 4.78 is 0. The normalized spacial score (nSPS) is 11.1. The first-order valence-corrected chi connectivity index (χ1v) is 6.93. The number of fused-ring (bicyclic) bond motifs is 1. The molecule has 0 spiro atoms. The van der Waals surface area contributed by atoms with Crippen molar-refractivity contribution in [3.63, 3.8) is 0 Å². The fourth-order valence-electron chi connectivity index (χ4n) is 2.26. The molecule has 3 rings (SSSR count). The molecule has 0 bridgehead atoms. The molecular formula is C15H15N3S. The van der Waals surface area contributed by atoms with Crippen LogP contribution in [0.25, 0.3) is 22.2 Å². The number of para-hydroxylation sites is 1. The predicted molar refractivity (Wildman–Crippen MR) is 81.6 cm³/mol. The predicted octanol–water partition coefficient (Wildman–Crippen LogP) is 3.41. The molecular weight excluding hydrogens is 254 g/mol. The van der Waals surface area contributed by atoms with Crippen LogP contribution >= 0.6 is 12.6 Å². The van der Waals surface area contributed by atoms with E-state index in [1.54, 1.807) is 0 Å². The first-order valence-electron chi connectivity index (χ1n) is 6.30.